The van der Waals surface area contributed by atoms with Crippen LogP contribution in [0.5, 0.6) is 0 Å². The summed E-state index contributed by atoms with van der Waals surface area (Å²) in [5.41, 5.74) is 3.04. The Morgan fingerprint density at radius 3 is 2.55 bits per heavy atom. The Balaban J connectivity index is 1.71. The lowest BCUT2D eigenvalue weighted by atomic mass is 9.99. The van der Waals surface area contributed by atoms with E-state index in [4.69, 9.17) is 0 Å². The summed E-state index contributed by atoms with van der Waals surface area (Å²) in [6, 6.07) is 18.5. The second-order valence-corrected chi connectivity index (χ2v) is 8.56. The summed E-state index contributed by atoms with van der Waals surface area (Å²) >= 11 is 1.11. The maximum Gasteiger partial charge on any atom is 0.326 e. The number of amides is 1. The number of carbonyl (C=O) groups excluding carboxylic acids is 1. The molecule has 0 bridgehead atoms. The van der Waals surface area contributed by atoms with Crippen LogP contribution in [0.3, 0.4) is 0 Å². The Morgan fingerprint density at radius 2 is 1.88 bits per heavy atom. The molecule has 1 N–H and O–H groups in total. The highest BCUT2D eigenvalue weighted by atomic mass is 32.2. The van der Waals surface area contributed by atoms with Crippen LogP contribution >= 0.6 is 11.8 Å². The van der Waals surface area contributed by atoms with Crippen molar-refractivity contribution in [1.82, 2.24) is 9.88 Å². The Morgan fingerprint density at radius 1 is 1.15 bits per heavy atom. The van der Waals surface area contributed by atoms with Crippen molar-refractivity contribution in [2.75, 3.05) is 12.3 Å². The van der Waals surface area contributed by atoms with Crippen LogP contribution in [-0.2, 0) is 9.59 Å². The average Bonchev–Trinajstić information content (AvgIpc) is 3.33. The van der Waals surface area contributed by atoms with Gasteiger partial charge in [0.1, 0.15) is 23.0 Å². The summed E-state index contributed by atoms with van der Waals surface area (Å²) in [5.74, 6) is -1.71. The number of pyridine rings is 1. The van der Waals surface area contributed by atoms with Crippen molar-refractivity contribution in [2.24, 2.45) is 0 Å². The highest BCUT2D eigenvalue weighted by molar-refractivity contribution is 8.00. The van der Waals surface area contributed by atoms with Crippen molar-refractivity contribution < 1.29 is 19.1 Å². The SMILES string of the molecule is N#Cc1c(-c2ccccc2)cc(-c2ccc(F)cc2)nc1SCC(=O)N1CCC[C@H]1C(=O)O. The van der Waals surface area contributed by atoms with E-state index in [2.05, 4.69) is 11.1 Å². The quantitative estimate of drug-likeness (QED) is 0.540. The van der Waals surface area contributed by atoms with Crippen molar-refractivity contribution in [3.05, 3.63) is 72.0 Å². The number of hydrogen-bond acceptors (Lipinski definition) is 5. The van der Waals surface area contributed by atoms with E-state index in [1.807, 2.05) is 30.3 Å². The van der Waals surface area contributed by atoms with E-state index in [9.17, 15) is 24.3 Å². The minimum atomic E-state index is -1.01. The van der Waals surface area contributed by atoms with Gasteiger partial charge in [-0.05, 0) is 48.7 Å². The topological polar surface area (TPSA) is 94.3 Å². The van der Waals surface area contributed by atoms with Crippen LogP contribution in [0.25, 0.3) is 22.4 Å². The van der Waals surface area contributed by atoms with Gasteiger partial charge in [-0.25, -0.2) is 14.2 Å². The Labute approximate surface area is 194 Å². The van der Waals surface area contributed by atoms with E-state index in [1.165, 1.54) is 17.0 Å². The van der Waals surface area contributed by atoms with Crippen LogP contribution in [0, 0.1) is 17.1 Å². The van der Waals surface area contributed by atoms with Gasteiger partial charge in [0.15, 0.2) is 0 Å². The molecule has 1 saturated heterocycles. The number of carbonyl (C=O) groups is 2. The number of hydrogen-bond donors (Lipinski definition) is 1. The number of thioether (sulfide) groups is 1. The second kappa shape index (κ2) is 9.84. The Bertz CT molecular complexity index is 1230. The van der Waals surface area contributed by atoms with Crippen molar-refractivity contribution >= 4 is 23.6 Å². The number of carboxylic acid groups (broad SMARTS) is 1. The van der Waals surface area contributed by atoms with Crippen LogP contribution in [0.1, 0.15) is 18.4 Å². The van der Waals surface area contributed by atoms with Gasteiger partial charge in [-0.15, -0.1) is 0 Å². The maximum absolute atomic E-state index is 13.4. The molecule has 2 aromatic carbocycles. The minimum absolute atomic E-state index is 0.0352. The van der Waals surface area contributed by atoms with Gasteiger partial charge in [0.25, 0.3) is 0 Å². The van der Waals surface area contributed by atoms with E-state index in [1.54, 1.807) is 18.2 Å². The molecule has 1 aliphatic heterocycles. The molecule has 1 aromatic heterocycles. The predicted molar refractivity (Wildman–Crippen MR) is 123 cm³/mol. The zero-order valence-corrected chi connectivity index (χ0v) is 18.4. The summed E-state index contributed by atoms with van der Waals surface area (Å²) in [4.78, 5) is 30.2. The van der Waals surface area contributed by atoms with Crippen LogP contribution < -0.4 is 0 Å². The number of carboxylic acids is 1. The molecule has 2 heterocycles. The standard InChI is InChI=1S/C25H20FN3O3S/c26-18-10-8-17(9-11-18)21-13-19(16-5-2-1-3-6-16)20(14-27)24(28-21)33-15-23(30)29-12-4-7-22(29)25(31)32/h1-3,5-6,8-11,13,22H,4,7,12,15H2,(H,31,32)/t22-/m0/s1. The molecule has 1 fully saturated rings. The molecule has 33 heavy (non-hydrogen) atoms. The van der Waals surface area contributed by atoms with Crippen LogP contribution in [-0.4, -0.2) is 45.2 Å². The van der Waals surface area contributed by atoms with Gasteiger partial charge >= 0.3 is 5.97 Å². The molecule has 0 spiro atoms. The van der Waals surface area contributed by atoms with Gasteiger partial charge in [-0.3, -0.25) is 4.79 Å². The number of nitriles is 1. The second-order valence-electron chi connectivity index (χ2n) is 7.59. The van der Waals surface area contributed by atoms with Crippen molar-refractivity contribution in [3.63, 3.8) is 0 Å². The molecule has 6 nitrogen and oxygen atoms in total. The zero-order chi connectivity index (χ0) is 23.4. The van der Waals surface area contributed by atoms with E-state index >= 15 is 0 Å². The number of nitrogens with zero attached hydrogens (tertiary/aromatic N) is 3. The lowest BCUT2D eigenvalue weighted by molar-refractivity contribution is -0.147. The molecule has 0 unspecified atom stereocenters. The number of rotatable bonds is 6. The number of likely N-dealkylation sites (tertiary alicyclic amines) is 1. The fourth-order valence-electron chi connectivity index (χ4n) is 3.88. The van der Waals surface area contributed by atoms with Gasteiger partial charge in [-0.1, -0.05) is 42.1 Å². The van der Waals surface area contributed by atoms with Crippen molar-refractivity contribution in [2.45, 2.75) is 23.9 Å². The lowest BCUT2D eigenvalue weighted by Crippen LogP contribution is -2.41. The minimum Gasteiger partial charge on any atom is -0.480 e. The molecule has 0 aliphatic carbocycles. The zero-order valence-electron chi connectivity index (χ0n) is 17.6. The molecule has 1 amide bonds. The normalized spacial score (nSPS) is 15.3. The first-order chi connectivity index (χ1) is 16.0. The summed E-state index contributed by atoms with van der Waals surface area (Å²) in [5, 5.41) is 19.7. The van der Waals surface area contributed by atoms with Crippen LogP contribution in [0.2, 0.25) is 0 Å². The molecule has 8 heteroatoms. The summed E-state index contributed by atoms with van der Waals surface area (Å²) < 4.78 is 13.4. The molecule has 166 valence electrons. The van der Waals surface area contributed by atoms with Crippen LogP contribution in [0.15, 0.2) is 65.7 Å². The fraction of sp³-hybridized carbons (Fsp3) is 0.200. The molecule has 1 atom stereocenters. The third kappa shape index (κ3) is 4.89. The number of aromatic nitrogens is 1. The van der Waals surface area contributed by atoms with E-state index in [0.717, 1.165) is 17.3 Å². The number of aliphatic carboxylic acids is 1. The molecular formula is C25H20FN3O3S. The third-order valence-corrected chi connectivity index (χ3v) is 6.47. The van der Waals surface area contributed by atoms with Gasteiger partial charge in [0.05, 0.1) is 17.0 Å². The summed E-state index contributed by atoms with van der Waals surface area (Å²) in [6.45, 7) is 0.403. The maximum atomic E-state index is 13.4. The lowest BCUT2D eigenvalue weighted by Gasteiger charge is -2.21. The first-order valence-corrected chi connectivity index (χ1v) is 11.4. The monoisotopic (exact) mass is 461 g/mol. The molecule has 0 saturated carbocycles. The Kier molecular flexibility index (Phi) is 6.71. The van der Waals surface area contributed by atoms with Crippen molar-refractivity contribution in [3.8, 4) is 28.5 Å². The molecular weight excluding hydrogens is 441 g/mol. The van der Waals surface area contributed by atoms with Gasteiger partial charge in [0, 0.05) is 17.7 Å². The molecule has 3 aromatic rings. The molecule has 0 radical (unpaired) electrons. The summed E-state index contributed by atoms with van der Waals surface area (Å²) in [7, 11) is 0. The largest absolute Gasteiger partial charge is 0.480 e. The highest BCUT2D eigenvalue weighted by Crippen LogP contribution is 2.34. The fourth-order valence-corrected chi connectivity index (χ4v) is 4.77. The van der Waals surface area contributed by atoms with Crippen LogP contribution in [0.4, 0.5) is 4.39 Å². The van der Waals surface area contributed by atoms with E-state index in [0.29, 0.717) is 46.8 Å². The summed E-state index contributed by atoms with van der Waals surface area (Å²) in [6.07, 6.45) is 1.08. The predicted octanol–water partition coefficient (Wildman–Crippen LogP) is 4.59. The van der Waals surface area contributed by atoms with Gasteiger partial charge in [0.2, 0.25) is 5.91 Å². The van der Waals surface area contributed by atoms with Gasteiger partial charge < -0.3 is 10.0 Å². The number of halogens is 1. The highest BCUT2D eigenvalue weighted by Gasteiger charge is 2.33. The van der Waals surface area contributed by atoms with E-state index < -0.39 is 12.0 Å². The average molecular weight is 462 g/mol. The smallest absolute Gasteiger partial charge is 0.326 e. The molecule has 4 rings (SSSR count). The van der Waals surface area contributed by atoms with Crippen molar-refractivity contribution in [1.29, 1.82) is 5.26 Å². The first-order valence-electron chi connectivity index (χ1n) is 10.4. The molecule has 1 aliphatic rings. The number of benzene rings is 2. The van der Waals surface area contributed by atoms with Gasteiger partial charge in [-0.2, -0.15) is 5.26 Å². The van der Waals surface area contributed by atoms with E-state index in [-0.39, 0.29) is 17.5 Å². The first kappa shape index (κ1) is 22.5. The third-order valence-electron chi connectivity index (χ3n) is 5.51. The Hall–Kier alpha value is -3.70.